The van der Waals surface area contributed by atoms with Gasteiger partial charge in [-0.1, -0.05) is 68.3 Å². The van der Waals surface area contributed by atoms with Gasteiger partial charge in [0.15, 0.2) is 0 Å². The first kappa shape index (κ1) is 21.8. The van der Waals surface area contributed by atoms with Crippen LogP contribution in [-0.2, 0) is 19.8 Å². The van der Waals surface area contributed by atoms with E-state index in [0.717, 1.165) is 47.8 Å². The van der Waals surface area contributed by atoms with Gasteiger partial charge in [-0.2, -0.15) is 0 Å². The fourth-order valence-corrected chi connectivity index (χ4v) is 6.52. The highest BCUT2D eigenvalue weighted by molar-refractivity contribution is 6.24. The number of benzene rings is 3. The molecule has 1 fully saturated rings. The number of imide groups is 1. The zero-order valence-corrected chi connectivity index (χ0v) is 19.6. The molecule has 2 atom stereocenters. The molecule has 0 radical (unpaired) electrons. The monoisotopic (exact) mass is 465 g/mol. The van der Waals surface area contributed by atoms with E-state index in [2.05, 4.69) is 6.92 Å². The van der Waals surface area contributed by atoms with Crippen molar-refractivity contribution in [1.29, 1.82) is 0 Å². The molecule has 35 heavy (non-hydrogen) atoms. The van der Waals surface area contributed by atoms with Crippen LogP contribution in [0.5, 0.6) is 5.75 Å². The van der Waals surface area contributed by atoms with Gasteiger partial charge in [-0.3, -0.25) is 9.59 Å². The first-order valence-electron chi connectivity index (χ1n) is 12.4. The lowest BCUT2D eigenvalue weighted by Crippen LogP contribution is -2.54. The fraction of sp³-hybridized carbons (Fsp3) is 0.300. The molecule has 1 unspecified atom stereocenters. The summed E-state index contributed by atoms with van der Waals surface area (Å²) >= 11 is 0. The van der Waals surface area contributed by atoms with Crippen LogP contribution >= 0.6 is 0 Å². The molecule has 0 spiro atoms. The first-order chi connectivity index (χ1) is 17.1. The molecule has 176 valence electrons. The predicted molar refractivity (Wildman–Crippen MR) is 133 cm³/mol. The van der Waals surface area contributed by atoms with Gasteiger partial charge in [0.05, 0.1) is 29.5 Å². The number of ether oxygens (including phenoxy) is 1. The first-order valence-corrected chi connectivity index (χ1v) is 12.4. The van der Waals surface area contributed by atoms with Crippen molar-refractivity contribution in [2.24, 2.45) is 11.8 Å². The predicted octanol–water partition coefficient (Wildman–Crippen LogP) is 5.01. The number of carbonyl (C=O) groups is 3. The van der Waals surface area contributed by atoms with E-state index >= 15 is 0 Å². The maximum Gasteiger partial charge on any atom is 0.239 e. The second kappa shape index (κ2) is 8.19. The van der Waals surface area contributed by atoms with Crippen LogP contribution in [0.15, 0.2) is 72.8 Å². The zero-order valence-electron chi connectivity index (χ0n) is 19.6. The fourth-order valence-electron chi connectivity index (χ4n) is 6.52. The van der Waals surface area contributed by atoms with E-state index in [1.54, 1.807) is 24.3 Å². The molecule has 2 amide bonds. The normalized spacial score (nSPS) is 25.7. The maximum absolute atomic E-state index is 14.0. The van der Waals surface area contributed by atoms with Gasteiger partial charge in [0, 0.05) is 5.92 Å². The Balaban J connectivity index is 1.41. The summed E-state index contributed by atoms with van der Waals surface area (Å²) in [6, 6.07) is 22.7. The highest BCUT2D eigenvalue weighted by atomic mass is 16.5. The summed E-state index contributed by atoms with van der Waals surface area (Å²) in [5, 5.41) is 0. The molecular formula is C30H27NO4. The van der Waals surface area contributed by atoms with E-state index in [4.69, 9.17) is 4.74 Å². The zero-order chi connectivity index (χ0) is 24.2. The number of aldehydes is 1. The van der Waals surface area contributed by atoms with Gasteiger partial charge in [-0.15, -0.1) is 0 Å². The number of anilines is 1. The molecule has 0 N–H and O–H groups in total. The third-order valence-electron chi connectivity index (χ3n) is 7.98. The molecular weight excluding hydrogens is 438 g/mol. The smallest absolute Gasteiger partial charge is 0.239 e. The summed E-state index contributed by atoms with van der Waals surface area (Å²) in [5.41, 5.74) is 2.98. The maximum atomic E-state index is 14.0. The van der Waals surface area contributed by atoms with Crippen molar-refractivity contribution in [3.63, 3.8) is 0 Å². The highest BCUT2D eigenvalue weighted by Gasteiger charge is 2.68. The highest BCUT2D eigenvalue weighted by Crippen LogP contribution is 2.63. The van der Waals surface area contributed by atoms with Crippen molar-refractivity contribution >= 4 is 23.8 Å². The number of hydrogen-bond donors (Lipinski definition) is 0. The van der Waals surface area contributed by atoms with Crippen LogP contribution in [0, 0.1) is 11.8 Å². The number of hydrogen-bond acceptors (Lipinski definition) is 4. The molecule has 4 aliphatic rings. The molecule has 5 heteroatoms. The van der Waals surface area contributed by atoms with Crippen molar-refractivity contribution in [3.8, 4) is 5.75 Å². The van der Waals surface area contributed by atoms with Gasteiger partial charge in [-0.25, -0.2) is 4.90 Å². The van der Waals surface area contributed by atoms with Crippen LogP contribution in [0.3, 0.4) is 0 Å². The number of unbranched alkanes of at least 4 members (excludes halogenated alkanes) is 2. The molecule has 1 heterocycles. The minimum Gasteiger partial charge on any atom is -0.494 e. The minimum atomic E-state index is -1.17. The van der Waals surface area contributed by atoms with Gasteiger partial charge in [0.1, 0.15) is 12.0 Å². The Morgan fingerprint density at radius 3 is 2.09 bits per heavy atom. The molecule has 2 bridgehead atoms. The van der Waals surface area contributed by atoms with Gasteiger partial charge < -0.3 is 9.53 Å². The molecule has 7 rings (SSSR count). The lowest BCUT2D eigenvalue weighted by molar-refractivity contribution is -0.128. The Hall–Kier alpha value is -3.73. The lowest BCUT2D eigenvalue weighted by Gasteiger charge is -2.51. The van der Waals surface area contributed by atoms with E-state index in [-0.39, 0.29) is 17.7 Å². The van der Waals surface area contributed by atoms with Crippen molar-refractivity contribution in [2.75, 3.05) is 11.5 Å². The Morgan fingerprint density at radius 2 is 1.49 bits per heavy atom. The Kier molecular flexibility index (Phi) is 5.10. The van der Waals surface area contributed by atoms with Crippen LogP contribution in [-0.4, -0.2) is 24.7 Å². The van der Waals surface area contributed by atoms with Gasteiger partial charge in [0.25, 0.3) is 0 Å². The second-order valence-corrected chi connectivity index (χ2v) is 9.70. The van der Waals surface area contributed by atoms with Crippen LogP contribution in [0.1, 0.15) is 54.4 Å². The van der Waals surface area contributed by atoms with Crippen LogP contribution in [0.25, 0.3) is 0 Å². The molecule has 0 aromatic heterocycles. The summed E-state index contributed by atoms with van der Waals surface area (Å²) in [5.74, 6) is -1.45. The summed E-state index contributed by atoms with van der Waals surface area (Å²) in [4.78, 5) is 42.2. The third kappa shape index (κ3) is 2.90. The number of rotatable bonds is 7. The average Bonchev–Trinajstić information content (AvgIpc) is 3.17. The van der Waals surface area contributed by atoms with Crippen molar-refractivity contribution < 1.29 is 19.1 Å². The number of carbonyl (C=O) groups excluding carboxylic acids is 3. The van der Waals surface area contributed by atoms with Crippen LogP contribution in [0.4, 0.5) is 5.69 Å². The second-order valence-electron chi connectivity index (χ2n) is 9.70. The van der Waals surface area contributed by atoms with Crippen molar-refractivity contribution in [2.45, 2.75) is 37.5 Å². The van der Waals surface area contributed by atoms with E-state index < -0.39 is 17.3 Å². The molecule has 3 aliphatic carbocycles. The van der Waals surface area contributed by atoms with Crippen LogP contribution in [0.2, 0.25) is 0 Å². The Bertz CT molecular complexity index is 1280. The van der Waals surface area contributed by atoms with Gasteiger partial charge >= 0.3 is 0 Å². The molecule has 1 aliphatic heterocycles. The molecule has 0 saturated carbocycles. The Morgan fingerprint density at radius 1 is 0.857 bits per heavy atom. The summed E-state index contributed by atoms with van der Waals surface area (Å²) in [6.07, 6.45) is 4.13. The SMILES string of the molecule is CCCCCOc1ccc(N2C(=O)C3[C@@H](C2=O)C2c4ccccc4C3(C=O)c3ccccc32)cc1. The minimum absolute atomic E-state index is 0.239. The van der Waals surface area contributed by atoms with Crippen LogP contribution < -0.4 is 9.64 Å². The third-order valence-corrected chi connectivity index (χ3v) is 7.98. The Labute approximate surface area is 204 Å². The standard InChI is InChI=1S/C30H27NO4/c1-2-3-8-17-35-20-15-13-19(14-16-20)31-28(33)26-25-21-9-4-6-11-23(21)30(18-32,27(26)29(31)34)24-12-7-5-10-22(24)25/h4-7,9-16,18,25-27H,2-3,8,17H2,1H3/t25?,26-,27?,30?/m0/s1. The van der Waals surface area contributed by atoms with Crippen molar-refractivity contribution in [1.82, 2.24) is 0 Å². The van der Waals surface area contributed by atoms with E-state index in [0.29, 0.717) is 18.0 Å². The largest absolute Gasteiger partial charge is 0.494 e. The van der Waals surface area contributed by atoms with E-state index in [9.17, 15) is 14.4 Å². The van der Waals surface area contributed by atoms with E-state index in [1.165, 1.54) is 4.90 Å². The van der Waals surface area contributed by atoms with E-state index in [1.807, 2.05) is 48.5 Å². The average molecular weight is 466 g/mol. The quantitative estimate of drug-likeness (QED) is 0.280. The summed E-state index contributed by atoms with van der Waals surface area (Å²) < 4.78 is 5.80. The number of amides is 2. The summed E-state index contributed by atoms with van der Waals surface area (Å²) in [6.45, 7) is 2.79. The molecule has 3 aromatic rings. The van der Waals surface area contributed by atoms with Crippen molar-refractivity contribution in [3.05, 3.63) is 95.1 Å². The van der Waals surface area contributed by atoms with Gasteiger partial charge in [0.2, 0.25) is 11.8 Å². The molecule has 3 aromatic carbocycles. The van der Waals surface area contributed by atoms with Gasteiger partial charge in [-0.05, 0) is 52.9 Å². The topological polar surface area (TPSA) is 63.7 Å². The molecule has 1 saturated heterocycles. The molecule has 5 nitrogen and oxygen atoms in total. The summed E-state index contributed by atoms with van der Waals surface area (Å²) in [7, 11) is 0. The lowest BCUT2D eigenvalue weighted by atomic mass is 9.48. The number of nitrogens with zero attached hydrogens (tertiary/aromatic N) is 1.